The van der Waals surface area contributed by atoms with Gasteiger partial charge in [-0.1, -0.05) is 30.3 Å². The summed E-state index contributed by atoms with van der Waals surface area (Å²) < 4.78 is 1.80. The van der Waals surface area contributed by atoms with E-state index in [1.807, 2.05) is 50.1 Å². The monoisotopic (exact) mass is 445 g/mol. The zero-order chi connectivity index (χ0) is 23.4. The lowest BCUT2D eigenvalue weighted by Gasteiger charge is -2.30. The highest BCUT2D eigenvalue weighted by atomic mass is 16.2. The topological polar surface area (TPSA) is 80.1 Å². The van der Waals surface area contributed by atoms with Crippen molar-refractivity contribution >= 4 is 11.8 Å². The van der Waals surface area contributed by atoms with Gasteiger partial charge >= 0.3 is 0 Å². The van der Waals surface area contributed by atoms with Crippen molar-refractivity contribution in [3.63, 3.8) is 0 Å². The smallest absolute Gasteiger partial charge is 0.245 e. The first-order valence-corrected chi connectivity index (χ1v) is 11.4. The number of rotatable bonds is 7. The summed E-state index contributed by atoms with van der Waals surface area (Å²) in [5.74, 6) is 0.0196. The number of benzene rings is 1. The predicted molar refractivity (Wildman–Crippen MR) is 127 cm³/mol. The third kappa shape index (κ3) is 4.97. The zero-order valence-corrected chi connectivity index (χ0v) is 19.4. The van der Waals surface area contributed by atoms with Crippen molar-refractivity contribution in [1.29, 1.82) is 0 Å². The van der Waals surface area contributed by atoms with Crippen LogP contribution in [0.4, 0.5) is 0 Å². The van der Waals surface area contributed by atoms with Gasteiger partial charge in [-0.3, -0.25) is 14.6 Å². The summed E-state index contributed by atoms with van der Waals surface area (Å²) in [7, 11) is 0. The Hall–Kier alpha value is -3.48. The van der Waals surface area contributed by atoms with Gasteiger partial charge in [0.15, 0.2) is 0 Å². The van der Waals surface area contributed by atoms with Gasteiger partial charge in [0, 0.05) is 43.9 Å². The van der Waals surface area contributed by atoms with E-state index < -0.39 is 5.41 Å². The van der Waals surface area contributed by atoms with Crippen LogP contribution in [-0.2, 0) is 16.0 Å². The molecule has 4 rings (SSSR count). The molecule has 1 aromatic carbocycles. The molecule has 0 saturated carbocycles. The summed E-state index contributed by atoms with van der Waals surface area (Å²) >= 11 is 0. The summed E-state index contributed by atoms with van der Waals surface area (Å²) in [6.07, 6.45) is 9.92. The van der Waals surface area contributed by atoms with Gasteiger partial charge in [-0.2, -0.15) is 0 Å². The maximum Gasteiger partial charge on any atom is 0.245 e. The lowest BCUT2D eigenvalue weighted by atomic mass is 9.79. The number of likely N-dealkylation sites (tertiary alicyclic amines) is 1. The first-order valence-electron chi connectivity index (χ1n) is 11.4. The zero-order valence-electron chi connectivity index (χ0n) is 19.4. The number of pyridine rings is 1. The molecular formula is C26H31N5O2. The molecular weight excluding hydrogens is 414 g/mol. The standard InChI is InChI=1S/C26H31N5O2/c1-19(2)29-25(33)26(9-12-30(17-26)24(32)20(3)31-13-11-28-18-31)15-21-6-4-7-22(14-21)23-8-5-10-27-16-23/h4-8,10-11,13-14,16,18-20H,9,12,15,17H2,1-3H3,(H,29,33). The fourth-order valence-electron chi connectivity index (χ4n) is 4.56. The second kappa shape index (κ2) is 9.57. The van der Waals surface area contributed by atoms with Gasteiger partial charge in [-0.05, 0) is 56.4 Å². The summed E-state index contributed by atoms with van der Waals surface area (Å²) in [5.41, 5.74) is 2.52. The maximum absolute atomic E-state index is 13.4. The normalized spacial score (nSPS) is 19.0. The van der Waals surface area contributed by atoms with E-state index in [4.69, 9.17) is 0 Å². The van der Waals surface area contributed by atoms with Gasteiger partial charge in [-0.15, -0.1) is 0 Å². The molecule has 0 aliphatic carbocycles. The Balaban J connectivity index is 1.58. The maximum atomic E-state index is 13.4. The van der Waals surface area contributed by atoms with Gasteiger partial charge in [0.25, 0.3) is 0 Å². The van der Waals surface area contributed by atoms with Crippen LogP contribution in [-0.4, -0.2) is 50.4 Å². The van der Waals surface area contributed by atoms with Crippen molar-refractivity contribution in [2.45, 2.75) is 45.7 Å². The van der Waals surface area contributed by atoms with Gasteiger partial charge in [0.1, 0.15) is 6.04 Å². The van der Waals surface area contributed by atoms with Gasteiger partial charge in [-0.25, -0.2) is 4.98 Å². The number of amides is 2. The van der Waals surface area contributed by atoms with Crippen LogP contribution in [0.1, 0.15) is 38.8 Å². The quantitative estimate of drug-likeness (QED) is 0.604. The van der Waals surface area contributed by atoms with Gasteiger partial charge < -0.3 is 14.8 Å². The summed E-state index contributed by atoms with van der Waals surface area (Å²) in [5, 5.41) is 3.11. The minimum Gasteiger partial charge on any atom is -0.353 e. The van der Waals surface area contributed by atoms with Crippen LogP contribution < -0.4 is 5.32 Å². The molecule has 1 aliphatic rings. The molecule has 1 fully saturated rings. The molecule has 2 aromatic heterocycles. The van der Waals surface area contributed by atoms with E-state index in [1.165, 1.54) is 0 Å². The van der Waals surface area contributed by atoms with E-state index in [9.17, 15) is 9.59 Å². The van der Waals surface area contributed by atoms with Crippen LogP contribution in [0.5, 0.6) is 0 Å². The van der Waals surface area contributed by atoms with E-state index in [0.717, 1.165) is 16.7 Å². The molecule has 2 amide bonds. The predicted octanol–water partition coefficient (Wildman–Crippen LogP) is 3.49. The summed E-state index contributed by atoms with van der Waals surface area (Å²) in [4.78, 5) is 36.7. The van der Waals surface area contributed by atoms with Crippen molar-refractivity contribution in [2.24, 2.45) is 5.41 Å². The Bertz CT molecular complexity index is 1100. The van der Waals surface area contributed by atoms with Crippen LogP contribution in [0.15, 0.2) is 67.5 Å². The van der Waals surface area contributed by atoms with E-state index in [0.29, 0.717) is 25.9 Å². The number of nitrogens with zero attached hydrogens (tertiary/aromatic N) is 4. The third-order valence-corrected chi connectivity index (χ3v) is 6.36. The second-order valence-corrected chi connectivity index (χ2v) is 9.22. The molecule has 1 N–H and O–H groups in total. The molecule has 2 unspecified atom stereocenters. The number of hydrogen-bond acceptors (Lipinski definition) is 4. The minimum absolute atomic E-state index is 0.00913. The Morgan fingerprint density at radius 3 is 2.61 bits per heavy atom. The highest BCUT2D eigenvalue weighted by Crippen LogP contribution is 2.36. The van der Waals surface area contributed by atoms with E-state index >= 15 is 0 Å². The molecule has 33 heavy (non-hydrogen) atoms. The van der Waals surface area contributed by atoms with Gasteiger partial charge in [0.2, 0.25) is 11.8 Å². The van der Waals surface area contributed by atoms with Crippen molar-refractivity contribution in [3.05, 3.63) is 73.1 Å². The lowest BCUT2D eigenvalue weighted by Crippen LogP contribution is -2.47. The minimum atomic E-state index is -0.665. The number of imidazole rings is 1. The number of carbonyl (C=O) groups excluding carboxylic acids is 2. The molecule has 3 aromatic rings. The fraction of sp³-hybridized carbons (Fsp3) is 0.385. The Morgan fingerprint density at radius 2 is 1.91 bits per heavy atom. The van der Waals surface area contributed by atoms with Crippen molar-refractivity contribution in [1.82, 2.24) is 24.8 Å². The number of nitrogens with one attached hydrogen (secondary N) is 1. The second-order valence-electron chi connectivity index (χ2n) is 9.22. The molecule has 7 heteroatoms. The molecule has 3 heterocycles. The fourth-order valence-corrected chi connectivity index (χ4v) is 4.56. The average molecular weight is 446 g/mol. The van der Waals surface area contributed by atoms with Crippen LogP contribution in [0, 0.1) is 5.41 Å². The highest BCUT2D eigenvalue weighted by molar-refractivity contribution is 5.87. The summed E-state index contributed by atoms with van der Waals surface area (Å²) in [6, 6.07) is 11.9. The van der Waals surface area contributed by atoms with Crippen molar-refractivity contribution in [3.8, 4) is 11.1 Å². The Labute approximate surface area is 194 Å². The average Bonchev–Trinajstić information content (AvgIpc) is 3.50. The van der Waals surface area contributed by atoms with E-state index in [-0.39, 0.29) is 23.9 Å². The molecule has 1 aliphatic heterocycles. The molecule has 1 saturated heterocycles. The SMILES string of the molecule is CC(C)NC(=O)C1(Cc2cccc(-c3cccnc3)c2)CCN(C(=O)C(C)n2ccnc2)C1. The number of carbonyl (C=O) groups is 2. The molecule has 0 spiro atoms. The van der Waals surface area contributed by atoms with Crippen LogP contribution in [0.2, 0.25) is 0 Å². The van der Waals surface area contributed by atoms with Gasteiger partial charge in [0.05, 0.1) is 11.7 Å². The van der Waals surface area contributed by atoms with Crippen LogP contribution in [0.3, 0.4) is 0 Å². The van der Waals surface area contributed by atoms with E-state index in [1.54, 1.807) is 29.5 Å². The van der Waals surface area contributed by atoms with E-state index in [2.05, 4.69) is 33.5 Å². The first-order chi connectivity index (χ1) is 15.9. The molecule has 0 radical (unpaired) electrons. The third-order valence-electron chi connectivity index (χ3n) is 6.36. The lowest BCUT2D eigenvalue weighted by molar-refractivity contribution is -0.135. The Kier molecular flexibility index (Phi) is 6.58. The summed E-state index contributed by atoms with van der Waals surface area (Å²) in [6.45, 7) is 6.77. The van der Waals surface area contributed by atoms with Crippen LogP contribution >= 0.6 is 0 Å². The van der Waals surface area contributed by atoms with Crippen LogP contribution in [0.25, 0.3) is 11.1 Å². The molecule has 7 nitrogen and oxygen atoms in total. The number of aromatic nitrogens is 3. The first kappa shape index (κ1) is 22.7. The Morgan fingerprint density at radius 1 is 1.09 bits per heavy atom. The van der Waals surface area contributed by atoms with Crippen molar-refractivity contribution < 1.29 is 9.59 Å². The molecule has 0 bridgehead atoms. The number of hydrogen-bond donors (Lipinski definition) is 1. The highest BCUT2D eigenvalue weighted by Gasteiger charge is 2.46. The molecule has 172 valence electrons. The molecule has 2 atom stereocenters. The van der Waals surface area contributed by atoms with Crippen molar-refractivity contribution in [2.75, 3.05) is 13.1 Å². The largest absolute Gasteiger partial charge is 0.353 e.